The van der Waals surface area contributed by atoms with Crippen molar-refractivity contribution in [2.45, 2.75) is 11.2 Å². The van der Waals surface area contributed by atoms with E-state index in [0.29, 0.717) is 4.91 Å². The van der Waals surface area contributed by atoms with Gasteiger partial charge in [0.25, 0.3) is 5.91 Å². The molecule has 3 rings (SSSR count). The summed E-state index contributed by atoms with van der Waals surface area (Å²) in [6, 6.07) is 17.2. The molecule has 1 N–H and O–H groups in total. The second kappa shape index (κ2) is 9.54. The van der Waals surface area contributed by atoms with Crippen LogP contribution in [0.4, 0.5) is 5.69 Å². The van der Waals surface area contributed by atoms with Crippen molar-refractivity contribution >= 4 is 35.3 Å². The summed E-state index contributed by atoms with van der Waals surface area (Å²) in [4.78, 5) is 28.5. The molecular formula is C21H22N2O4S. The van der Waals surface area contributed by atoms with Gasteiger partial charge in [0.1, 0.15) is 6.54 Å². The lowest BCUT2D eigenvalue weighted by molar-refractivity contribution is -0.127. The standard InChI is InChI=1S/C21H22N2O4S/c1-26-20(27-2)13-22-19(24)14-23-16-10-6-7-11-17(16)28-18(21(23)25)12-15-8-4-3-5-9-15/h3-12,20H,13-14H2,1-2H3,(H,22,24). The molecule has 146 valence electrons. The van der Waals surface area contributed by atoms with Crippen LogP contribution in [0.5, 0.6) is 0 Å². The van der Waals surface area contributed by atoms with Crippen molar-refractivity contribution < 1.29 is 19.1 Å². The smallest absolute Gasteiger partial charge is 0.265 e. The first-order valence-electron chi connectivity index (χ1n) is 8.80. The molecule has 0 saturated heterocycles. The molecule has 28 heavy (non-hydrogen) atoms. The van der Waals surface area contributed by atoms with Crippen molar-refractivity contribution in [2.24, 2.45) is 0 Å². The lowest BCUT2D eigenvalue weighted by atomic mass is 10.2. The molecule has 2 aromatic rings. The van der Waals surface area contributed by atoms with Crippen LogP contribution in [0.2, 0.25) is 0 Å². The Balaban J connectivity index is 1.81. The van der Waals surface area contributed by atoms with Gasteiger partial charge < -0.3 is 14.8 Å². The third-order valence-electron chi connectivity index (χ3n) is 4.22. The quantitative estimate of drug-likeness (QED) is 0.574. The zero-order chi connectivity index (χ0) is 19.9. The van der Waals surface area contributed by atoms with Crippen LogP contribution in [0, 0.1) is 0 Å². The Morgan fingerprint density at radius 3 is 2.50 bits per heavy atom. The van der Waals surface area contributed by atoms with Crippen molar-refractivity contribution in [1.82, 2.24) is 5.32 Å². The van der Waals surface area contributed by atoms with E-state index in [2.05, 4.69) is 5.32 Å². The Morgan fingerprint density at radius 2 is 1.79 bits per heavy atom. The van der Waals surface area contributed by atoms with Gasteiger partial charge in [0.05, 0.1) is 17.1 Å². The summed E-state index contributed by atoms with van der Waals surface area (Å²) < 4.78 is 10.1. The van der Waals surface area contributed by atoms with E-state index in [-0.39, 0.29) is 24.9 Å². The lowest BCUT2D eigenvalue weighted by Crippen LogP contribution is -2.44. The topological polar surface area (TPSA) is 67.9 Å². The number of hydrogen-bond acceptors (Lipinski definition) is 5. The number of amides is 2. The van der Waals surface area contributed by atoms with Crippen LogP contribution in [-0.4, -0.2) is 45.4 Å². The van der Waals surface area contributed by atoms with Crippen molar-refractivity contribution in [3.05, 3.63) is 65.1 Å². The van der Waals surface area contributed by atoms with Crippen LogP contribution in [0.3, 0.4) is 0 Å². The first kappa shape index (κ1) is 20.1. The Bertz CT molecular complexity index is 866. The molecule has 0 saturated carbocycles. The molecular weight excluding hydrogens is 376 g/mol. The fraction of sp³-hybridized carbons (Fsp3) is 0.238. The minimum atomic E-state index is -0.530. The van der Waals surface area contributed by atoms with Gasteiger partial charge in [0.2, 0.25) is 5.91 Å². The minimum absolute atomic E-state index is 0.0807. The van der Waals surface area contributed by atoms with Gasteiger partial charge in [0, 0.05) is 19.1 Å². The molecule has 7 heteroatoms. The van der Waals surface area contributed by atoms with E-state index in [9.17, 15) is 9.59 Å². The summed E-state index contributed by atoms with van der Waals surface area (Å²) in [5.74, 6) is -0.481. The number of para-hydroxylation sites is 1. The molecule has 0 atom stereocenters. The number of nitrogens with one attached hydrogen (secondary N) is 1. The van der Waals surface area contributed by atoms with Crippen LogP contribution in [0.1, 0.15) is 5.56 Å². The van der Waals surface area contributed by atoms with Gasteiger partial charge in [-0.15, -0.1) is 0 Å². The Morgan fingerprint density at radius 1 is 1.11 bits per heavy atom. The second-order valence-corrected chi connectivity index (χ2v) is 7.17. The van der Waals surface area contributed by atoms with Crippen molar-refractivity contribution in [2.75, 3.05) is 32.2 Å². The van der Waals surface area contributed by atoms with E-state index >= 15 is 0 Å². The average molecular weight is 398 g/mol. The molecule has 2 amide bonds. The molecule has 1 aliphatic heterocycles. The number of nitrogens with zero attached hydrogens (tertiary/aromatic N) is 1. The highest BCUT2D eigenvalue weighted by Crippen LogP contribution is 2.41. The highest BCUT2D eigenvalue weighted by Gasteiger charge is 2.30. The largest absolute Gasteiger partial charge is 0.354 e. The Hall–Kier alpha value is -2.61. The predicted octanol–water partition coefficient (Wildman–Crippen LogP) is 2.90. The minimum Gasteiger partial charge on any atom is -0.354 e. The highest BCUT2D eigenvalue weighted by atomic mass is 32.2. The summed E-state index contributed by atoms with van der Waals surface area (Å²) in [6.45, 7) is 0.125. The van der Waals surface area contributed by atoms with E-state index in [1.165, 1.54) is 30.9 Å². The first-order valence-corrected chi connectivity index (χ1v) is 9.62. The molecule has 2 aromatic carbocycles. The Kier molecular flexibility index (Phi) is 6.86. The zero-order valence-corrected chi connectivity index (χ0v) is 16.6. The number of hydrogen-bond donors (Lipinski definition) is 1. The summed E-state index contributed by atoms with van der Waals surface area (Å²) in [7, 11) is 3.01. The van der Waals surface area contributed by atoms with Gasteiger partial charge in [-0.25, -0.2) is 0 Å². The van der Waals surface area contributed by atoms with Gasteiger partial charge in [-0.05, 0) is 23.8 Å². The molecule has 6 nitrogen and oxygen atoms in total. The maximum Gasteiger partial charge on any atom is 0.265 e. The third-order valence-corrected chi connectivity index (χ3v) is 5.30. The van der Waals surface area contributed by atoms with Gasteiger partial charge in [-0.1, -0.05) is 54.2 Å². The van der Waals surface area contributed by atoms with Crippen LogP contribution < -0.4 is 10.2 Å². The molecule has 0 aliphatic carbocycles. The number of thioether (sulfide) groups is 1. The number of rotatable bonds is 7. The highest BCUT2D eigenvalue weighted by molar-refractivity contribution is 8.04. The maximum atomic E-state index is 13.1. The van der Waals surface area contributed by atoms with E-state index in [1.54, 1.807) is 0 Å². The molecule has 0 fully saturated rings. The number of carbonyl (C=O) groups excluding carboxylic acids is 2. The summed E-state index contributed by atoms with van der Waals surface area (Å²) in [6.07, 6.45) is 1.32. The number of anilines is 1. The van der Waals surface area contributed by atoms with E-state index in [1.807, 2.05) is 60.7 Å². The maximum absolute atomic E-state index is 13.1. The van der Waals surface area contributed by atoms with Gasteiger partial charge >= 0.3 is 0 Å². The average Bonchev–Trinajstić information content (AvgIpc) is 2.72. The summed E-state index contributed by atoms with van der Waals surface area (Å²) in [5.41, 5.74) is 1.66. The van der Waals surface area contributed by atoms with E-state index in [0.717, 1.165) is 16.1 Å². The lowest BCUT2D eigenvalue weighted by Gasteiger charge is -2.30. The number of benzene rings is 2. The molecule has 0 bridgehead atoms. The summed E-state index contributed by atoms with van der Waals surface area (Å²) >= 11 is 1.41. The van der Waals surface area contributed by atoms with Crippen LogP contribution in [0.25, 0.3) is 6.08 Å². The van der Waals surface area contributed by atoms with Gasteiger partial charge in [-0.3, -0.25) is 14.5 Å². The van der Waals surface area contributed by atoms with Crippen molar-refractivity contribution in [3.63, 3.8) is 0 Å². The van der Waals surface area contributed by atoms with E-state index < -0.39 is 6.29 Å². The molecule has 0 unspecified atom stereocenters. The normalized spacial score (nSPS) is 15.0. The number of fused-ring (bicyclic) bond motifs is 1. The molecule has 0 radical (unpaired) electrons. The van der Waals surface area contributed by atoms with Crippen LogP contribution >= 0.6 is 11.8 Å². The molecule has 1 heterocycles. The monoisotopic (exact) mass is 398 g/mol. The molecule has 0 spiro atoms. The van der Waals surface area contributed by atoms with Crippen LogP contribution in [0.15, 0.2) is 64.4 Å². The van der Waals surface area contributed by atoms with Crippen LogP contribution in [-0.2, 0) is 19.1 Å². The molecule has 0 aromatic heterocycles. The fourth-order valence-electron chi connectivity index (χ4n) is 2.78. The van der Waals surface area contributed by atoms with E-state index in [4.69, 9.17) is 9.47 Å². The number of ether oxygens (including phenoxy) is 2. The molecule has 1 aliphatic rings. The Labute approximate surface area is 168 Å². The number of methoxy groups -OCH3 is 2. The fourth-order valence-corrected chi connectivity index (χ4v) is 3.84. The second-order valence-electron chi connectivity index (χ2n) is 6.09. The van der Waals surface area contributed by atoms with Gasteiger partial charge in [-0.2, -0.15) is 0 Å². The summed E-state index contributed by atoms with van der Waals surface area (Å²) in [5, 5.41) is 2.74. The van der Waals surface area contributed by atoms with Gasteiger partial charge in [0.15, 0.2) is 6.29 Å². The van der Waals surface area contributed by atoms with Crippen molar-refractivity contribution in [1.29, 1.82) is 0 Å². The predicted molar refractivity (Wildman–Crippen MR) is 110 cm³/mol. The third kappa shape index (κ3) is 4.81. The first-order chi connectivity index (χ1) is 13.6. The zero-order valence-electron chi connectivity index (χ0n) is 15.8. The van der Waals surface area contributed by atoms with Crippen molar-refractivity contribution in [3.8, 4) is 0 Å². The SMILES string of the molecule is COC(CNC(=O)CN1C(=O)C(=Cc2ccccc2)Sc2ccccc21)OC. The number of carbonyl (C=O) groups is 2.